The summed E-state index contributed by atoms with van der Waals surface area (Å²) >= 11 is 2.29. The summed E-state index contributed by atoms with van der Waals surface area (Å²) < 4.78 is 2.12. The van der Waals surface area contributed by atoms with E-state index in [2.05, 4.69) is 76.8 Å². The zero-order valence-electron chi connectivity index (χ0n) is 12.6. The van der Waals surface area contributed by atoms with Gasteiger partial charge >= 0.3 is 0 Å². The van der Waals surface area contributed by atoms with Gasteiger partial charge in [0.1, 0.15) is 0 Å². The number of rotatable bonds is 12. The average molecular weight is 375 g/mol. The molecule has 110 valence electrons. The lowest BCUT2D eigenvalue weighted by molar-refractivity contribution is 0.340. The SMILES string of the molecule is C=CCC(CCN/C=C\CCCC)C(C)C/C=C\I. The van der Waals surface area contributed by atoms with Crippen molar-refractivity contribution in [2.45, 2.75) is 52.4 Å². The van der Waals surface area contributed by atoms with Crippen molar-refractivity contribution in [1.29, 1.82) is 0 Å². The highest BCUT2D eigenvalue weighted by atomic mass is 127. The van der Waals surface area contributed by atoms with Crippen LogP contribution in [-0.2, 0) is 0 Å². The van der Waals surface area contributed by atoms with Crippen molar-refractivity contribution >= 4 is 22.6 Å². The number of hydrogen-bond donors (Lipinski definition) is 1. The summed E-state index contributed by atoms with van der Waals surface area (Å²) in [5, 5.41) is 3.41. The maximum Gasteiger partial charge on any atom is 0.0144 e. The van der Waals surface area contributed by atoms with Gasteiger partial charge in [0, 0.05) is 6.54 Å². The van der Waals surface area contributed by atoms with E-state index >= 15 is 0 Å². The fourth-order valence-electron chi connectivity index (χ4n) is 2.15. The number of nitrogens with one attached hydrogen (secondary N) is 1. The highest BCUT2D eigenvalue weighted by Gasteiger charge is 2.14. The van der Waals surface area contributed by atoms with Crippen molar-refractivity contribution in [1.82, 2.24) is 5.32 Å². The highest BCUT2D eigenvalue weighted by Crippen LogP contribution is 2.23. The third-order valence-corrected chi connectivity index (χ3v) is 4.00. The predicted octanol–water partition coefficient (Wildman–Crippen LogP) is 5.84. The van der Waals surface area contributed by atoms with Gasteiger partial charge < -0.3 is 5.32 Å². The van der Waals surface area contributed by atoms with E-state index in [-0.39, 0.29) is 0 Å². The van der Waals surface area contributed by atoms with E-state index in [1.165, 1.54) is 32.1 Å². The molecular weight excluding hydrogens is 345 g/mol. The largest absolute Gasteiger partial charge is 0.391 e. The van der Waals surface area contributed by atoms with Crippen molar-refractivity contribution in [2.24, 2.45) is 11.8 Å². The topological polar surface area (TPSA) is 12.0 Å². The van der Waals surface area contributed by atoms with Crippen LogP contribution in [0.1, 0.15) is 52.4 Å². The molecule has 2 atom stereocenters. The van der Waals surface area contributed by atoms with E-state index in [1.807, 2.05) is 0 Å². The van der Waals surface area contributed by atoms with E-state index in [1.54, 1.807) is 0 Å². The molecule has 0 aromatic rings. The first-order chi connectivity index (χ1) is 9.26. The zero-order chi connectivity index (χ0) is 14.3. The third kappa shape index (κ3) is 11.3. The standard InChI is InChI=1S/C17H30IN/c1-4-6-7-8-14-19-15-12-17(10-5-2)16(3)11-9-13-18/h5,8-9,13-14,16-17,19H,2,4,6-7,10-12,15H2,1,3H3/b13-9-,14-8-. The normalized spacial score (nSPS) is 14.9. The molecule has 0 fully saturated rings. The van der Waals surface area contributed by atoms with Gasteiger partial charge in [-0.2, -0.15) is 0 Å². The molecule has 0 aliphatic heterocycles. The van der Waals surface area contributed by atoms with E-state index < -0.39 is 0 Å². The summed E-state index contributed by atoms with van der Waals surface area (Å²) in [6, 6.07) is 0. The van der Waals surface area contributed by atoms with E-state index in [4.69, 9.17) is 0 Å². The van der Waals surface area contributed by atoms with Crippen LogP contribution in [0.25, 0.3) is 0 Å². The molecule has 0 bridgehead atoms. The molecule has 1 nitrogen and oxygen atoms in total. The lowest BCUT2D eigenvalue weighted by Crippen LogP contribution is -2.17. The minimum atomic E-state index is 0.731. The highest BCUT2D eigenvalue weighted by molar-refractivity contribution is 14.1. The molecular formula is C17H30IN. The quantitative estimate of drug-likeness (QED) is 0.257. The first kappa shape index (κ1) is 18.8. The van der Waals surface area contributed by atoms with Gasteiger partial charge in [-0.1, -0.05) is 67.5 Å². The van der Waals surface area contributed by atoms with Gasteiger partial charge in [0.2, 0.25) is 0 Å². The third-order valence-electron chi connectivity index (χ3n) is 3.49. The van der Waals surface area contributed by atoms with Gasteiger partial charge in [-0.3, -0.25) is 0 Å². The van der Waals surface area contributed by atoms with Crippen LogP contribution in [0.5, 0.6) is 0 Å². The van der Waals surface area contributed by atoms with Gasteiger partial charge in [-0.25, -0.2) is 0 Å². The first-order valence-corrected chi connectivity index (χ1v) is 8.75. The molecule has 0 saturated heterocycles. The minimum absolute atomic E-state index is 0.731. The van der Waals surface area contributed by atoms with E-state index in [0.717, 1.165) is 24.8 Å². The Kier molecular flexibility index (Phi) is 14.0. The Bertz CT molecular complexity index is 258. The molecule has 2 unspecified atom stereocenters. The minimum Gasteiger partial charge on any atom is -0.391 e. The Morgan fingerprint density at radius 2 is 2.05 bits per heavy atom. The van der Waals surface area contributed by atoms with Crippen LogP contribution in [0.3, 0.4) is 0 Å². The molecule has 0 heterocycles. The van der Waals surface area contributed by atoms with E-state index in [0.29, 0.717) is 0 Å². The van der Waals surface area contributed by atoms with Gasteiger partial charge in [0.25, 0.3) is 0 Å². The molecule has 0 rings (SSSR count). The Labute approximate surface area is 133 Å². The van der Waals surface area contributed by atoms with Crippen LogP contribution in [0, 0.1) is 11.8 Å². The van der Waals surface area contributed by atoms with E-state index in [9.17, 15) is 0 Å². The Hall–Kier alpha value is -0.250. The fraction of sp³-hybridized carbons (Fsp3) is 0.647. The van der Waals surface area contributed by atoms with Crippen LogP contribution < -0.4 is 5.32 Å². The summed E-state index contributed by atoms with van der Waals surface area (Å²) in [6.45, 7) is 9.53. The Morgan fingerprint density at radius 1 is 1.26 bits per heavy atom. The molecule has 0 aliphatic rings. The molecule has 19 heavy (non-hydrogen) atoms. The van der Waals surface area contributed by atoms with Crippen LogP contribution in [0.4, 0.5) is 0 Å². The van der Waals surface area contributed by atoms with Crippen LogP contribution >= 0.6 is 22.6 Å². The van der Waals surface area contributed by atoms with Gasteiger partial charge in [0.05, 0.1) is 0 Å². The Balaban J connectivity index is 3.87. The molecule has 0 amide bonds. The average Bonchev–Trinajstić information content (AvgIpc) is 2.42. The molecule has 0 aromatic carbocycles. The second kappa shape index (κ2) is 14.2. The van der Waals surface area contributed by atoms with Crippen LogP contribution in [-0.4, -0.2) is 6.54 Å². The van der Waals surface area contributed by atoms with Crippen molar-refractivity contribution in [3.63, 3.8) is 0 Å². The number of hydrogen-bond acceptors (Lipinski definition) is 1. The van der Waals surface area contributed by atoms with Crippen molar-refractivity contribution in [3.8, 4) is 0 Å². The van der Waals surface area contributed by atoms with Crippen LogP contribution in [0.2, 0.25) is 0 Å². The van der Waals surface area contributed by atoms with Crippen molar-refractivity contribution in [2.75, 3.05) is 6.54 Å². The number of unbranched alkanes of at least 4 members (excludes halogenated alkanes) is 2. The molecule has 0 aliphatic carbocycles. The lowest BCUT2D eigenvalue weighted by Gasteiger charge is -2.21. The summed E-state index contributed by atoms with van der Waals surface area (Å²) in [7, 11) is 0. The maximum absolute atomic E-state index is 3.89. The summed E-state index contributed by atoms with van der Waals surface area (Å²) in [5.41, 5.74) is 0. The summed E-state index contributed by atoms with van der Waals surface area (Å²) in [4.78, 5) is 0. The fourth-order valence-corrected chi connectivity index (χ4v) is 2.44. The van der Waals surface area contributed by atoms with Crippen molar-refractivity contribution in [3.05, 3.63) is 35.1 Å². The summed E-state index contributed by atoms with van der Waals surface area (Å²) in [6.07, 6.45) is 16.0. The first-order valence-electron chi connectivity index (χ1n) is 7.50. The molecule has 2 heteroatoms. The lowest BCUT2D eigenvalue weighted by atomic mass is 9.86. The number of allylic oxidation sites excluding steroid dienone is 3. The van der Waals surface area contributed by atoms with Gasteiger partial charge in [-0.05, 0) is 47.8 Å². The molecule has 0 saturated carbocycles. The molecule has 0 radical (unpaired) electrons. The maximum atomic E-state index is 3.89. The second-order valence-electron chi connectivity index (χ2n) is 5.15. The van der Waals surface area contributed by atoms with Crippen molar-refractivity contribution < 1.29 is 0 Å². The predicted molar refractivity (Wildman–Crippen MR) is 96.5 cm³/mol. The van der Waals surface area contributed by atoms with Gasteiger partial charge in [0.15, 0.2) is 0 Å². The smallest absolute Gasteiger partial charge is 0.0144 e. The second-order valence-corrected chi connectivity index (χ2v) is 5.87. The molecule has 1 N–H and O–H groups in total. The van der Waals surface area contributed by atoms with Crippen LogP contribution in [0.15, 0.2) is 35.1 Å². The van der Waals surface area contributed by atoms with Gasteiger partial charge in [-0.15, -0.1) is 6.58 Å². The Morgan fingerprint density at radius 3 is 2.68 bits per heavy atom. The molecule has 0 spiro atoms. The zero-order valence-corrected chi connectivity index (χ0v) is 14.7. The number of halogens is 1. The monoisotopic (exact) mass is 375 g/mol. The summed E-state index contributed by atoms with van der Waals surface area (Å²) in [5.74, 6) is 1.47. The molecule has 0 aromatic heterocycles.